The fraction of sp³-hybridized carbons (Fsp3) is 1.00. The van der Waals surface area contributed by atoms with Crippen molar-refractivity contribution in [2.45, 2.75) is 131 Å². The van der Waals surface area contributed by atoms with E-state index in [0.29, 0.717) is 40.1 Å². The second-order valence-corrected chi connectivity index (χ2v) is 15.7. The number of hydrogen-bond acceptors (Lipinski definition) is 3. The van der Waals surface area contributed by atoms with Crippen molar-refractivity contribution in [2.75, 3.05) is 13.7 Å². The Balaban J connectivity index is 1.35. The quantitative estimate of drug-likeness (QED) is 0.397. The summed E-state index contributed by atoms with van der Waals surface area (Å²) in [5.74, 6) is 3.21. The van der Waals surface area contributed by atoms with Gasteiger partial charge in [0.1, 0.15) is 0 Å². The van der Waals surface area contributed by atoms with Crippen LogP contribution in [0, 0.1) is 56.7 Å². The van der Waals surface area contributed by atoms with Crippen molar-refractivity contribution in [1.82, 2.24) is 0 Å². The minimum atomic E-state index is -0.709. The summed E-state index contributed by atoms with van der Waals surface area (Å²) in [6, 6.07) is 0. The number of aliphatic hydroxyl groups excluding tert-OH is 1. The van der Waals surface area contributed by atoms with Gasteiger partial charge in [0.2, 0.25) is 0 Å². The molecule has 0 aromatic heterocycles. The summed E-state index contributed by atoms with van der Waals surface area (Å²) in [6.07, 6.45) is 13.9. The smallest absolute Gasteiger partial charge is 0.0902 e. The van der Waals surface area contributed by atoms with Crippen LogP contribution in [-0.2, 0) is 4.74 Å². The van der Waals surface area contributed by atoms with Crippen molar-refractivity contribution in [3.8, 4) is 0 Å². The molecule has 10 atom stereocenters. The Morgan fingerprint density at radius 2 is 1.51 bits per heavy atom. The Hall–Kier alpha value is -0.120. The van der Waals surface area contributed by atoms with E-state index in [9.17, 15) is 10.2 Å². The first-order chi connectivity index (χ1) is 16.2. The molecular weight excluding hydrogens is 432 g/mol. The van der Waals surface area contributed by atoms with Gasteiger partial charge in [0.15, 0.2) is 0 Å². The van der Waals surface area contributed by atoms with E-state index in [1.165, 1.54) is 51.4 Å². The Morgan fingerprint density at radius 1 is 0.857 bits per heavy atom. The molecule has 0 unspecified atom stereocenters. The third kappa shape index (κ3) is 3.32. The number of methoxy groups -OCH3 is 1. The molecule has 3 nitrogen and oxygen atoms in total. The van der Waals surface area contributed by atoms with Gasteiger partial charge < -0.3 is 14.9 Å². The maximum atomic E-state index is 11.2. The molecule has 0 aliphatic heterocycles. The lowest BCUT2D eigenvalue weighted by Crippen LogP contribution is -2.57. The molecule has 5 saturated carbocycles. The maximum absolute atomic E-state index is 11.2. The summed E-state index contributed by atoms with van der Waals surface area (Å²) in [5.41, 5.74) is 1.33. The van der Waals surface area contributed by atoms with Crippen molar-refractivity contribution in [2.24, 2.45) is 56.7 Å². The molecule has 5 aliphatic rings. The molecule has 0 aromatic rings. The minimum absolute atomic E-state index is 0.0799. The number of ether oxygens (including phenoxy) is 1. The molecule has 35 heavy (non-hydrogen) atoms. The Morgan fingerprint density at radius 3 is 2.17 bits per heavy atom. The van der Waals surface area contributed by atoms with Gasteiger partial charge in [-0.15, -0.1) is 0 Å². The predicted octanol–water partition coefficient (Wildman–Crippen LogP) is 7.24. The first kappa shape index (κ1) is 26.5. The molecular formula is C32H56O3. The summed E-state index contributed by atoms with van der Waals surface area (Å²) in [6.45, 7) is 17.3. The highest BCUT2D eigenvalue weighted by molar-refractivity contribution is 5.30. The van der Waals surface area contributed by atoms with Crippen molar-refractivity contribution >= 4 is 0 Å². The van der Waals surface area contributed by atoms with E-state index in [4.69, 9.17) is 4.74 Å². The lowest BCUT2D eigenvalue weighted by Gasteiger charge is -2.63. The number of fused-ring (bicyclic) bond motifs is 2. The van der Waals surface area contributed by atoms with Crippen molar-refractivity contribution in [3.05, 3.63) is 0 Å². The molecule has 0 aromatic carbocycles. The topological polar surface area (TPSA) is 49.7 Å². The van der Waals surface area contributed by atoms with Gasteiger partial charge in [0.05, 0.1) is 18.3 Å². The monoisotopic (exact) mass is 488 g/mol. The second-order valence-electron chi connectivity index (χ2n) is 15.7. The molecule has 2 N–H and O–H groups in total. The van der Waals surface area contributed by atoms with Gasteiger partial charge in [-0.05, 0) is 127 Å². The molecule has 2 spiro atoms. The molecule has 0 radical (unpaired) electrons. The van der Waals surface area contributed by atoms with Crippen LogP contribution in [0.3, 0.4) is 0 Å². The van der Waals surface area contributed by atoms with E-state index in [1.807, 2.05) is 0 Å². The summed E-state index contributed by atoms with van der Waals surface area (Å²) < 4.78 is 5.42. The van der Waals surface area contributed by atoms with Gasteiger partial charge in [0, 0.05) is 7.11 Å². The first-order valence-electron chi connectivity index (χ1n) is 15.1. The van der Waals surface area contributed by atoms with Gasteiger partial charge in [-0.1, -0.05) is 48.5 Å². The van der Waals surface area contributed by atoms with Gasteiger partial charge >= 0.3 is 0 Å². The van der Waals surface area contributed by atoms with Crippen LogP contribution in [0.1, 0.15) is 119 Å². The SMILES string of the molecule is COC[C@@](O)(CC[C@@H](C)[C@H]1CC[C@@]2(C)[C@@H]3CC[C@H]4C(C)(C)[C@@H](O)CC[C@@]45C[C@@]35CC[C@]12C)C(C)C. The first-order valence-corrected chi connectivity index (χ1v) is 15.1. The average Bonchev–Trinajstić information content (AvgIpc) is 3.37. The zero-order chi connectivity index (χ0) is 25.7. The second kappa shape index (κ2) is 8.19. The van der Waals surface area contributed by atoms with E-state index < -0.39 is 5.60 Å². The van der Waals surface area contributed by atoms with Crippen molar-refractivity contribution in [1.29, 1.82) is 0 Å². The summed E-state index contributed by atoms with van der Waals surface area (Å²) in [4.78, 5) is 0. The van der Waals surface area contributed by atoms with Gasteiger partial charge in [0.25, 0.3) is 0 Å². The van der Waals surface area contributed by atoms with Crippen LogP contribution in [0.15, 0.2) is 0 Å². The van der Waals surface area contributed by atoms with Crippen LogP contribution < -0.4 is 0 Å². The van der Waals surface area contributed by atoms with Gasteiger partial charge in [-0.2, -0.15) is 0 Å². The van der Waals surface area contributed by atoms with Crippen LogP contribution in [0.25, 0.3) is 0 Å². The lowest BCUT2D eigenvalue weighted by molar-refractivity contribution is -0.162. The van der Waals surface area contributed by atoms with E-state index >= 15 is 0 Å². The van der Waals surface area contributed by atoms with Crippen LogP contribution in [0.2, 0.25) is 0 Å². The molecule has 5 rings (SSSR count). The minimum Gasteiger partial charge on any atom is -0.393 e. The molecule has 0 bridgehead atoms. The average molecular weight is 489 g/mol. The Labute approximate surface area is 216 Å². The fourth-order valence-electron chi connectivity index (χ4n) is 11.8. The highest BCUT2D eigenvalue weighted by Gasteiger charge is 2.82. The standard InChI is InChI=1S/C32H56O3/c1-21(2)32(34,20-35-8)16-11-22(3)23-12-14-29(7)25-10-9-24-27(4,5)26(33)13-15-30(24)19-31(25,30)18-17-28(23,29)6/h21-26,33-34H,9-20H2,1-8H3/t22-,23-,24+,25+,26+,28-,29+,30-,31+,32+/m1/s1. The highest BCUT2D eigenvalue weighted by atomic mass is 16.5. The summed E-state index contributed by atoms with van der Waals surface area (Å²) in [5, 5.41) is 22.1. The van der Waals surface area contributed by atoms with Crippen LogP contribution >= 0.6 is 0 Å². The Kier molecular flexibility index (Phi) is 6.20. The van der Waals surface area contributed by atoms with E-state index in [-0.39, 0.29) is 17.4 Å². The third-order valence-electron chi connectivity index (χ3n) is 14.3. The molecule has 0 amide bonds. The maximum Gasteiger partial charge on any atom is 0.0902 e. The zero-order valence-electron chi connectivity index (χ0n) is 24.3. The summed E-state index contributed by atoms with van der Waals surface area (Å²) in [7, 11) is 1.71. The zero-order valence-corrected chi connectivity index (χ0v) is 24.3. The van der Waals surface area contributed by atoms with E-state index in [2.05, 4.69) is 48.5 Å². The molecule has 5 fully saturated rings. The number of aliphatic hydroxyl groups is 2. The van der Waals surface area contributed by atoms with Crippen LogP contribution in [-0.4, -0.2) is 35.6 Å². The Bertz CT molecular complexity index is 822. The third-order valence-corrected chi connectivity index (χ3v) is 14.3. The molecule has 0 heterocycles. The molecule has 5 aliphatic carbocycles. The molecule has 202 valence electrons. The number of rotatable bonds is 7. The normalized spacial score (nSPS) is 50.5. The molecule has 3 heteroatoms. The lowest BCUT2D eigenvalue weighted by atomic mass is 9.41. The van der Waals surface area contributed by atoms with Crippen molar-refractivity contribution in [3.63, 3.8) is 0 Å². The van der Waals surface area contributed by atoms with E-state index in [0.717, 1.165) is 31.1 Å². The highest BCUT2D eigenvalue weighted by Crippen LogP contribution is 2.89. The van der Waals surface area contributed by atoms with Crippen LogP contribution in [0.5, 0.6) is 0 Å². The van der Waals surface area contributed by atoms with E-state index in [1.54, 1.807) is 7.11 Å². The van der Waals surface area contributed by atoms with Crippen molar-refractivity contribution < 1.29 is 14.9 Å². The largest absolute Gasteiger partial charge is 0.393 e. The number of hydrogen-bond donors (Lipinski definition) is 2. The van der Waals surface area contributed by atoms with Gasteiger partial charge in [-0.25, -0.2) is 0 Å². The predicted molar refractivity (Wildman–Crippen MR) is 143 cm³/mol. The fourth-order valence-corrected chi connectivity index (χ4v) is 11.8. The summed E-state index contributed by atoms with van der Waals surface area (Å²) >= 11 is 0. The molecule has 0 saturated heterocycles. The van der Waals surface area contributed by atoms with Crippen LogP contribution in [0.4, 0.5) is 0 Å². The van der Waals surface area contributed by atoms with Gasteiger partial charge in [-0.3, -0.25) is 0 Å².